The number of benzene rings is 3. The van der Waals surface area contributed by atoms with Crippen LogP contribution in [0.25, 0.3) is 32.6 Å². The van der Waals surface area contributed by atoms with Crippen molar-refractivity contribution >= 4 is 50.0 Å². The lowest BCUT2D eigenvalue weighted by Gasteiger charge is -2.11. The summed E-state index contributed by atoms with van der Waals surface area (Å²) in [5.41, 5.74) is 3.61. The Labute approximate surface area is 191 Å². The van der Waals surface area contributed by atoms with Gasteiger partial charge in [0.25, 0.3) is 5.56 Å². The van der Waals surface area contributed by atoms with Gasteiger partial charge in [0, 0.05) is 0 Å². The van der Waals surface area contributed by atoms with E-state index >= 15 is 0 Å². The lowest BCUT2D eigenvalue weighted by molar-refractivity contribution is 0.930. The Bertz CT molecular complexity index is 1630. The first-order chi connectivity index (χ1) is 15.7. The molecule has 0 unspecified atom stereocenters. The maximum atomic E-state index is 13.4. The molecule has 8 heteroatoms. The zero-order valence-electron chi connectivity index (χ0n) is 17.1. The van der Waals surface area contributed by atoms with E-state index in [1.165, 1.54) is 4.70 Å². The molecular weight excluding hydrogens is 438 g/mol. The van der Waals surface area contributed by atoms with Crippen LogP contribution in [-0.4, -0.2) is 24.1 Å². The molecule has 0 bridgehead atoms. The van der Waals surface area contributed by atoms with Crippen LogP contribution in [0.5, 0.6) is 0 Å². The summed E-state index contributed by atoms with van der Waals surface area (Å²) < 4.78 is 4.78. The van der Waals surface area contributed by atoms with Gasteiger partial charge in [0.05, 0.1) is 32.6 Å². The summed E-state index contributed by atoms with van der Waals surface area (Å²) in [6, 6.07) is 23.6. The number of hydrogen-bond donors (Lipinski definition) is 0. The van der Waals surface area contributed by atoms with E-state index in [0.29, 0.717) is 16.9 Å². The van der Waals surface area contributed by atoms with Crippen LogP contribution in [-0.2, 0) is 5.75 Å². The minimum Gasteiger partial charge on any atom is -0.268 e. The highest BCUT2D eigenvalue weighted by atomic mass is 32.2. The van der Waals surface area contributed by atoms with Gasteiger partial charge in [-0.25, -0.2) is 9.55 Å². The molecule has 6 aromatic rings. The third-order valence-electron chi connectivity index (χ3n) is 5.35. The molecule has 3 aromatic carbocycles. The molecule has 32 heavy (non-hydrogen) atoms. The van der Waals surface area contributed by atoms with E-state index < -0.39 is 0 Å². The average Bonchev–Trinajstić information content (AvgIpc) is 3.43. The predicted molar refractivity (Wildman–Crippen MR) is 130 cm³/mol. The smallest absolute Gasteiger partial charge is 0.267 e. The highest BCUT2D eigenvalue weighted by Crippen LogP contribution is 2.29. The number of aryl methyl sites for hydroxylation is 1. The minimum atomic E-state index is -0.105. The van der Waals surface area contributed by atoms with Gasteiger partial charge in [-0.1, -0.05) is 53.7 Å². The first kappa shape index (κ1) is 19.2. The van der Waals surface area contributed by atoms with Crippen LogP contribution in [0.2, 0.25) is 0 Å². The number of hydrogen-bond acceptors (Lipinski definition) is 6. The van der Waals surface area contributed by atoms with Crippen LogP contribution in [0, 0.1) is 6.92 Å². The number of thiazole rings is 1. The fourth-order valence-electron chi connectivity index (χ4n) is 3.81. The Morgan fingerprint density at radius 3 is 2.56 bits per heavy atom. The number of thioether (sulfide) groups is 1. The van der Waals surface area contributed by atoms with Gasteiger partial charge < -0.3 is 0 Å². The molecule has 3 heterocycles. The third kappa shape index (κ3) is 3.11. The Morgan fingerprint density at radius 2 is 1.72 bits per heavy atom. The molecule has 0 aliphatic carbocycles. The first-order valence-corrected chi connectivity index (χ1v) is 11.9. The minimum absolute atomic E-state index is 0.105. The van der Waals surface area contributed by atoms with Crippen molar-refractivity contribution in [1.29, 1.82) is 0 Å². The van der Waals surface area contributed by atoms with Crippen LogP contribution < -0.4 is 5.56 Å². The van der Waals surface area contributed by atoms with E-state index in [1.54, 1.807) is 27.7 Å². The van der Waals surface area contributed by atoms with E-state index in [0.717, 1.165) is 32.4 Å². The van der Waals surface area contributed by atoms with Crippen molar-refractivity contribution in [2.45, 2.75) is 17.8 Å². The normalized spacial score (nSPS) is 11.7. The number of para-hydroxylation sites is 2. The van der Waals surface area contributed by atoms with Crippen molar-refractivity contribution in [2.24, 2.45) is 0 Å². The fraction of sp³-hybridized carbons (Fsp3) is 0.0833. The largest absolute Gasteiger partial charge is 0.268 e. The van der Waals surface area contributed by atoms with Crippen molar-refractivity contribution in [3.8, 4) is 5.69 Å². The zero-order valence-corrected chi connectivity index (χ0v) is 18.7. The average molecular weight is 456 g/mol. The lowest BCUT2D eigenvalue weighted by atomic mass is 10.2. The second kappa shape index (κ2) is 7.58. The summed E-state index contributed by atoms with van der Waals surface area (Å²) in [5, 5.41) is 11.3. The van der Waals surface area contributed by atoms with E-state index in [4.69, 9.17) is 4.98 Å². The van der Waals surface area contributed by atoms with Crippen LogP contribution in [0.4, 0.5) is 0 Å². The maximum Gasteiger partial charge on any atom is 0.267 e. The van der Waals surface area contributed by atoms with E-state index in [-0.39, 0.29) is 5.56 Å². The molecule has 0 spiro atoms. The lowest BCUT2D eigenvalue weighted by Crippen LogP contribution is -2.21. The second-order valence-electron chi connectivity index (χ2n) is 7.48. The van der Waals surface area contributed by atoms with Crippen LogP contribution in [0.1, 0.15) is 10.6 Å². The molecule has 0 amide bonds. The molecule has 6 rings (SSSR count). The summed E-state index contributed by atoms with van der Waals surface area (Å²) in [4.78, 5) is 18.1. The molecular formula is C24H17N5OS2. The fourth-order valence-corrected chi connectivity index (χ4v) is 5.71. The van der Waals surface area contributed by atoms with Crippen molar-refractivity contribution < 1.29 is 0 Å². The van der Waals surface area contributed by atoms with Gasteiger partial charge in [-0.15, -0.1) is 21.5 Å². The standard InChI is InChI=1S/C24H17N5OS2/c1-15-10-12-16(13-11-15)28-22(30)17-6-2-4-8-19(17)29-23(28)26-27-24(29)31-14-21-25-18-7-3-5-9-20(18)32-21/h2-13H,14H2,1H3. The Balaban J connectivity index is 1.51. The number of fused-ring (bicyclic) bond motifs is 4. The SMILES string of the molecule is Cc1ccc(-n2c(=O)c3ccccc3n3c(SCc4nc5ccccc5s4)nnc23)cc1. The quantitative estimate of drug-likeness (QED) is 0.340. The monoisotopic (exact) mass is 455 g/mol. The maximum absolute atomic E-state index is 13.4. The van der Waals surface area contributed by atoms with Crippen LogP contribution in [0.3, 0.4) is 0 Å². The summed E-state index contributed by atoms with van der Waals surface area (Å²) >= 11 is 3.26. The third-order valence-corrected chi connectivity index (χ3v) is 7.51. The number of aromatic nitrogens is 5. The van der Waals surface area contributed by atoms with E-state index in [1.807, 2.05) is 78.1 Å². The molecule has 6 nitrogen and oxygen atoms in total. The molecule has 0 atom stereocenters. The molecule has 3 aromatic heterocycles. The number of nitrogens with zero attached hydrogens (tertiary/aromatic N) is 5. The molecule has 0 fully saturated rings. The highest BCUT2D eigenvalue weighted by Gasteiger charge is 2.18. The Hall–Kier alpha value is -3.49. The zero-order chi connectivity index (χ0) is 21.7. The van der Waals surface area contributed by atoms with Gasteiger partial charge in [0.1, 0.15) is 5.01 Å². The summed E-state index contributed by atoms with van der Waals surface area (Å²) in [6.45, 7) is 2.02. The van der Waals surface area contributed by atoms with Crippen molar-refractivity contribution in [2.75, 3.05) is 0 Å². The summed E-state index contributed by atoms with van der Waals surface area (Å²) in [7, 11) is 0. The predicted octanol–water partition coefficient (Wildman–Crippen LogP) is 5.24. The van der Waals surface area contributed by atoms with Gasteiger partial charge in [0.2, 0.25) is 5.78 Å². The molecule has 0 saturated carbocycles. The van der Waals surface area contributed by atoms with Gasteiger partial charge in [-0.05, 0) is 43.3 Å². The topological polar surface area (TPSA) is 65.1 Å². The first-order valence-electron chi connectivity index (χ1n) is 10.1. The van der Waals surface area contributed by atoms with Crippen molar-refractivity contribution in [3.05, 3.63) is 93.7 Å². The van der Waals surface area contributed by atoms with Gasteiger partial charge in [-0.3, -0.25) is 9.20 Å². The Kier molecular flexibility index (Phi) is 4.55. The molecule has 156 valence electrons. The van der Waals surface area contributed by atoms with Crippen molar-refractivity contribution in [1.82, 2.24) is 24.1 Å². The second-order valence-corrected chi connectivity index (χ2v) is 9.53. The Morgan fingerprint density at radius 1 is 0.938 bits per heavy atom. The van der Waals surface area contributed by atoms with Crippen molar-refractivity contribution in [3.63, 3.8) is 0 Å². The van der Waals surface area contributed by atoms with Gasteiger partial charge in [0.15, 0.2) is 5.16 Å². The van der Waals surface area contributed by atoms with Crippen LogP contribution >= 0.6 is 23.1 Å². The molecule has 0 radical (unpaired) electrons. The summed E-state index contributed by atoms with van der Waals surface area (Å²) in [5.74, 6) is 1.18. The van der Waals surface area contributed by atoms with Gasteiger partial charge in [-0.2, -0.15) is 0 Å². The molecule has 0 saturated heterocycles. The molecule has 0 aliphatic rings. The number of rotatable bonds is 4. The van der Waals surface area contributed by atoms with E-state index in [2.05, 4.69) is 16.3 Å². The molecule has 0 N–H and O–H groups in total. The van der Waals surface area contributed by atoms with E-state index in [9.17, 15) is 4.79 Å². The highest BCUT2D eigenvalue weighted by molar-refractivity contribution is 7.98. The molecule has 0 aliphatic heterocycles. The summed E-state index contributed by atoms with van der Waals surface area (Å²) in [6.07, 6.45) is 0. The van der Waals surface area contributed by atoms with Gasteiger partial charge >= 0.3 is 0 Å². The van der Waals surface area contributed by atoms with Crippen LogP contribution in [0.15, 0.2) is 82.7 Å².